The minimum absolute atomic E-state index is 0.0141. The minimum atomic E-state index is -0.938. The molecule has 4 N–H and O–H groups in total. The van der Waals surface area contributed by atoms with Crippen LogP contribution in [-0.4, -0.2) is 165 Å². The number of ketones is 1. The van der Waals surface area contributed by atoms with Crippen LogP contribution >= 0.6 is 11.3 Å². The van der Waals surface area contributed by atoms with Crippen LogP contribution in [0.25, 0.3) is 21.6 Å². The molecule has 3 aliphatic heterocycles. The van der Waals surface area contributed by atoms with Crippen molar-refractivity contribution in [2.24, 2.45) is 5.41 Å². The van der Waals surface area contributed by atoms with Gasteiger partial charge in [0.1, 0.15) is 18.4 Å². The molecule has 436 valence electrons. The number of ether oxygens (including phenoxy) is 4. The summed E-state index contributed by atoms with van der Waals surface area (Å²) in [7, 11) is 1.52. The Labute approximate surface area is 480 Å². The standard InChI is InChI=1S/C62H82N8O10S/c1-9-69(48-20-27-78-28-21-48)52-34-46(33-50(41(52)3)59(74)63-36-51-55(77-8)32-40(2)65-60(51)75)44-15-17-47(18-16-44)68-24-22-67(23-25-68)26-29-79-30-31-80-38-56(73)66-58(62(5,6)7)61(76)70-37-49(71)35-53(70)54(72)19-12-43-10-13-45(14-11-43)57-42(4)64-39-81-57/h10-11,13-18,32-34,39,48-49,53,58,71H,9,12,19-31,35-38H2,1-8H3,(H,63,74)(H,65,75)(H,66,73)/t49-,53+,58-/m1/s1. The van der Waals surface area contributed by atoms with E-state index < -0.39 is 35.4 Å². The molecular formula is C62H82N8O10S. The summed E-state index contributed by atoms with van der Waals surface area (Å²) in [6.07, 6.45) is 1.86. The molecule has 3 fully saturated rings. The number of hydrogen-bond acceptors (Lipinski definition) is 15. The van der Waals surface area contributed by atoms with Gasteiger partial charge in [-0.05, 0) is 111 Å². The van der Waals surface area contributed by atoms with Crippen molar-refractivity contribution in [1.82, 2.24) is 30.4 Å². The Morgan fingerprint density at radius 1 is 0.914 bits per heavy atom. The number of β-amino-alcohol motifs (C(OH)–C–C–N with tert-alkyl or cyclic N) is 1. The fraction of sp³-hybridized carbons (Fsp3) is 0.516. The van der Waals surface area contributed by atoms with Crippen molar-refractivity contribution in [3.05, 3.63) is 116 Å². The number of aliphatic hydroxyl groups excluding tert-OH is 1. The zero-order valence-electron chi connectivity index (χ0n) is 48.4. The van der Waals surface area contributed by atoms with Gasteiger partial charge in [-0.15, -0.1) is 11.3 Å². The molecule has 3 aromatic carbocycles. The second kappa shape index (κ2) is 28.0. The summed E-state index contributed by atoms with van der Waals surface area (Å²) < 4.78 is 22.8. The zero-order chi connectivity index (χ0) is 57.8. The summed E-state index contributed by atoms with van der Waals surface area (Å²) in [6.45, 7) is 20.6. The molecule has 3 amide bonds. The first-order chi connectivity index (χ1) is 38.9. The number of piperazine rings is 1. The third-order valence-electron chi connectivity index (χ3n) is 15.9. The van der Waals surface area contributed by atoms with Crippen molar-refractivity contribution in [1.29, 1.82) is 0 Å². The molecule has 5 aromatic rings. The number of benzene rings is 3. The van der Waals surface area contributed by atoms with E-state index in [4.69, 9.17) is 18.9 Å². The lowest BCUT2D eigenvalue weighted by molar-refractivity contribution is -0.144. The molecular weight excluding hydrogens is 1050 g/mol. The third-order valence-corrected chi connectivity index (χ3v) is 16.8. The van der Waals surface area contributed by atoms with Crippen LogP contribution in [0, 0.1) is 26.2 Å². The van der Waals surface area contributed by atoms with Crippen LogP contribution in [0.1, 0.15) is 91.8 Å². The van der Waals surface area contributed by atoms with Gasteiger partial charge in [0.25, 0.3) is 11.5 Å². The predicted octanol–water partition coefficient (Wildman–Crippen LogP) is 6.88. The number of carbonyl (C=O) groups is 4. The Kier molecular flexibility index (Phi) is 20.9. The van der Waals surface area contributed by atoms with Crippen LogP contribution in [0.3, 0.4) is 0 Å². The summed E-state index contributed by atoms with van der Waals surface area (Å²) in [4.78, 5) is 84.8. The topological polar surface area (TPSA) is 208 Å². The minimum Gasteiger partial charge on any atom is -0.496 e. The largest absolute Gasteiger partial charge is 0.496 e. The van der Waals surface area contributed by atoms with E-state index in [-0.39, 0.29) is 62.4 Å². The first kappa shape index (κ1) is 60.6. The van der Waals surface area contributed by atoms with Crippen molar-refractivity contribution in [2.45, 2.75) is 111 Å². The summed E-state index contributed by atoms with van der Waals surface area (Å²) in [6, 6.07) is 21.1. The number of pyridine rings is 1. The number of H-pyrrole nitrogens is 1. The maximum absolute atomic E-state index is 14.1. The molecule has 0 bridgehead atoms. The lowest BCUT2D eigenvalue weighted by atomic mass is 9.85. The number of aliphatic hydroxyl groups is 1. The normalized spacial score (nSPS) is 17.5. The molecule has 0 unspecified atom stereocenters. The van der Waals surface area contributed by atoms with Gasteiger partial charge in [-0.2, -0.15) is 0 Å². The fourth-order valence-electron chi connectivity index (χ4n) is 11.2. The van der Waals surface area contributed by atoms with Crippen LogP contribution < -0.4 is 30.7 Å². The van der Waals surface area contributed by atoms with Crippen LogP contribution in [0.4, 0.5) is 11.4 Å². The molecule has 81 heavy (non-hydrogen) atoms. The van der Waals surface area contributed by atoms with Crippen molar-refractivity contribution in [3.8, 4) is 27.3 Å². The van der Waals surface area contributed by atoms with Gasteiger partial charge >= 0.3 is 0 Å². The molecule has 2 aromatic heterocycles. The van der Waals surface area contributed by atoms with E-state index in [2.05, 4.69) is 72.6 Å². The van der Waals surface area contributed by atoms with Gasteiger partial charge in [0.15, 0.2) is 5.78 Å². The smallest absolute Gasteiger partial charge is 0.256 e. The monoisotopic (exact) mass is 1130 g/mol. The summed E-state index contributed by atoms with van der Waals surface area (Å²) >= 11 is 1.59. The highest BCUT2D eigenvalue weighted by atomic mass is 32.1. The number of methoxy groups -OCH3 is 1. The van der Waals surface area contributed by atoms with E-state index in [1.807, 2.05) is 70.5 Å². The summed E-state index contributed by atoms with van der Waals surface area (Å²) in [5.41, 5.74) is 10.4. The SMILES string of the molecule is CCN(c1cc(-c2ccc(N3CCN(CCOCCOCC(=O)N[C@H](C(=O)N4C[C@H](O)C[C@H]4C(=O)CCc4ccc(-c5scnc5C)cc4)C(C)(C)C)CC3)cc2)cc(C(=O)NCc2c(OC)cc(C)[nH]c2=O)c1C)C1CCOCC1. The van der Waals surface area contributed by atoms with Crippen LogP contribution in [-0.2, 0) is 41.6 Å². The summed E-state index contributed by atoms with van der Waals surface area (Å²) in [5.74, 6) is -0.805. The van der Waals surface area contributed by atoms with Gasteiger partial charge in [0, 0.05) is 101 Å². The first-order valence-electron chi connectivity index (χ1n) is 28.5. The van der Waals surface area contributed by atoms with E-state index in [1.54, 1.807) is 24.3 Å². The second-order valence-electron chi connectivity index (χ2n) is 22.5. The van der Waals surface area contributed by atoms with E-state index in [9.17, 15) is 29.1 Å². The Morgan fingerprint density at radius 3 is 2.28 bits per heavy atom. The highest BCUT2D eigenvalue weighted by Crippen LogP contribution is 2.36. The Bertz CT molecular complexity index is 3000. The zero-order valence-corrected chi connectivity index (χ0v) is 49.3. The molecule has 0 radical (unpaired) electrons. The molecule has 5 heterocycles. The highest BCUT2D eigenvalue weighted by Gasteiger charge is 2.44. The predicted molar refractivity (Wildman–Crippen MR) is 316 cm³/mol. The third kappa shape index (κ3) is 15.5. The Balaban J connectivity index is 0.774. The Morgan fingerprint density at radius 2 is 1.62 bits per heavy atom. The van der Waals surface area contributed by atoms with E-state index in [0.717, 1.165) is 102 Å². The van der Waals surface area contributed by atoms with Gasteiger partial charge in [-0.1, -0.05) is 57.2 Å². The van der Waals surface area contributed by atoms with E-state index in [1.165, 1.54) is 12.0 Å². The Hall–Kier alpha value is -6.48. The lowest BCUT2D eigenvalue weighted by Crippen LogP contribution is -2.57. The number of aromatic amines is 1. The number of rotatable bonds is 24. The van der Waals surface area contributed by atoms with E-state index >= 15 is 0 Å². The number of aromatic nitrogens is 2. The molecule has 3 saturated heterocycles. The lowest BCUT2D eigenvalue weighted by Gasteiger charge is -2.37. The number of likely N-dealkylation sites (tertiary alicyclic amines) is 1. The number of nitrogens with zero attached hydrogens (tertiary/aromatic N) is 5. The number of Topliss-reactive ketones (excluding diaryl/α,β-unsaturated/α-hetero) is 1. The number of hydrogen-bond donors (Lipinski definition) is 4. The molecule has 0 saturated carbocycles. The van der Waals surface area contributed by atoms with Crippen LogP contribution in [0.2, 0.25) is 0 Å². The van der Waals surface area contributed by atoms with Gasteiger partial charge in [-0.25, -0.2) is 4.98 Å². The maximum atomic E-state index is 14.1. The van der Waals surface area contributed by atoms with Crippen molar-refractivity contribution >= 4 is 46.2 Å². The molecule has 8 rings (SSSR count). The van der Waals surface area contributed by atoms with Crippen LogP contribution in [0.5, 0.6) is 5.75 Å². The number of thiazole rings is 1. The second-order valence-corrected chi connectivity index (χ2v) is 23.4. The van der Waals surface area contributed by atoms with E-state index in [0.29, 0.717) is 55.4 Å². The fourth-order valence-corrected chi connectivity index (χ4v) is 12.0. The molecule has 18 nitrogen and oxygen atoms in total. The highest BCUT2D eigenvalue weighted by molar-refractivity contribution is 7.13. The van der Waals surface area contributed by atoms with Gasteiger partial charge < -0.3 is 54.4 Å². The van der Waals surface area contributed by atoms with Crippen LogP contribution in [0.15, 0.2) is 77.0 Å². The average molecular weight is 1130 g/mol. The quantitative estimate of drug-likeness (QED) is 0.0465. The number of amides is 3. The van der Waals surface area contributed by atoms with Crippen molar-refractivity contribution < 1.29 is 43.2 Å². The van der Waals surface area contributed by atoms with Gasteiger partial charge in [0.2, 0.25) is 11.8 Å². The van der Waals surface area contributed by atoms with Crippen molar-refractivity contribution in [3.63, 3.8) is 0 Å². The molecule has 19 heteroatoms. The molecule has 3 atom stereocenters. The van der Waals surface area contributed by atoms with Gasteiger partial charge in [0.05, 0.1) is 67.3 Å². The first-order valence-corrected chi connectivity index (χ1v) is 29.4. The number of aryl methyl sites for hydroxylation is 3. The molecule has 3 aliphatic rings. The van der Waals surface area contributed by atoms with Crippen molar-refractivity contribution in [2.75, 3.05) is 102 Å². The number of carbonyl (C=O) groups excluding carboxylic acids is 4. The average Bonchev–Trinajstić information content (AvgIpc) is 4.13. The number of nitrogens with one attached hydrogen (secondary N) is 3. The summed E-state index contributed by atoms with van der Waals surface area (Å²) in [5, 5.41) is 16.5. The van der Waals surface area contributed by atoms with Gasteiger partial charge in [-0.3, -0.25) is 28.9 Å². The number of anilines is 2. The molecule has 0 aliphatic carbocycles. The maximum Gasteiger partial charge on any atom is 0.256 e. The molecule has 0 spiro atoms.